The molecular formula is C20H26N4O2. The summed E-state index contributed by atoms with van der Waals surface area (Å²) < 4.78 is 7.63. The van der Waals surface area contributed by atoms with Gasteiger partial charge in [-0.15, -0.1) is 0 Å². The molecule has 2 aliphatic rings. The minimum Gasteiger partial charge on any atom is -0.380 e. The van der Waals surface area contributed by atoms with E-state index in [2.05, 4.69) is 27.3 Å². The molecule has 6 nitrogen and oxygen atoms in total. The summed E-state index contributed by atoms with van der Waals surface area (Å²) in [5, 5.41) is 3.14. The summed E-state index contributed by atoms with van der Waals surface area (Å²) in [7, 11) is 1.89. The molecular weight excluding hydrogens is 328 g/mol. The van der Waals surface area contributed by atoms with Crippen molar-refractivity contribution in [3.05, 3.63) is 53.6 Å². The Morgan fingerprint density at radius 2 is 2.27 bits per heavy atom. The Bertz CT molecular complexity index is 803. The number of carbonyl (C=O) groups is 1. The number of ether oxygens (including phenoxy) is 1. The highest BCUT2D eigenvalue weighted by molar-refractivity contribution is 5.92. The number of likely N-dealkylation sites (tertiary alicyclic amines) is 1. The highest BCUT2D eigenvalue weighted by Gasteiger charge is 2.50. The van der Waals surface area contributed by atoms with E-state index < -0.39 is 0 Å². The number of carbonyl (C=O) groups excluding carboxylic acids is 1. The maximum atomic E-state index is 12.5. The fourth-order valence-electron chi connectivity index (χ4n) is 4.27. The molecule has 2 aliphatic heterocycles. The van der Waals surface area contributed by atoms with Crippen molar-refractivity contribution in [3.8, 4) is 0 Å². The number of amides is 1. The summed E-state index contributed by atoms with van der Waals surface area (Å²) in [5.41, 5.74) is 2.85. The van der Waals surface area contributed by atoms with Crippen LogP contribution in [0.4, 0.5) is 0 Å². The van der Waals surface area contributed by atoms with E-state index >= 15 is 0 Å². The van der Waals surface area contributed by atoms with E-state index in [1.54, 1.807) is 0 Å². The molecule has 4 heterocycles. The van der Waals surface area contributed by atoms with Crippen molar-refractivity contribution < 1.29 is 9.53 Å². The average molecular weight is 354 g/mol. The first-order chi connectivity index (χ1) is 12.6. The van der Waals surface area contributed by atoms with E-state index in [4.69, 9.17) is 4.74 Å². The fourth-order valence-corrected chi connectivity index (χ4v) is 4.27. The van der Waals surface area contributed by atoms with Crippen molar-refractivity contribution in [2.24, 2.45) is 18.4 Å². The van der Waals surface area contributed by atoms with Crippen LogP contribution in [-0.4, -0.2) is 53.2 Å². The highest BCUT2D eigenvalue weighted by atomic mass is 16.5. The second-order valence-corrected chi connectivity index (χ2v) is 7.70. The van der Waals surface area contributed by atoms with Crippen LogP contribution in [0.3, 0.4) is 0 Å². The standard InChI is InChI=1S/C20H26N4O2/c1-15-5-3-6-17(22-15)10-24-9-16-11-26-14-20(16,13-24)12-21-19(25)18-7-4-8-23(18)2/h3-8,16H,9-14H2,1-2H3,(H,21,25)/t16-,20+/m1/s1. The van der Waals surface area contributed by atoms with Crippen LogP contribution in [0.2, 0.25) is 0 Å². The molecule has 0 radical (unpaired) electrons. The van der Waals surface area contributed by atoms with Gasteiger partial charge in [0.15, 0.2) is 0 Å². The van der Waals surface area contributed by atoms with E-state index in [1.165, 1.54) is 0 Å². The van der Waals surface area contributed by atoms with Gasteiger partial charge in [0.25, 0.3) is 5.91 Å². The molecule has 0 bridgehead atoms. The van der Waals surface area contributed by atoms with Gasteiger partial charge >= 0.3 is 0 Å². The van der Waals surface area contributed by atoms with Gasteiger partial charge in [-0.1, -0.05) is 6.07 Å². The third-order valence-electron chi connectivity index (χ3n) is 5.70. The van der Waals surface area contributed by atoms with Crippen molar-refractivity contribution in [2.45, 2.75) is 13.5 Å². The second-order valence-electron chi connectivity index (χ2n) is 7.70. The molecule has 2 aromatic rings. The van der Waals surface area contributed by atoms with Gasteiger partial charge in [0.05, 0.1) is 18.9 Å². The molecule has 2 atom stereocenters. The summed E-state index contributed by atoms with van der Waals surface area (Å²) in [6.45, 7) is 6.94. The number of aryl methyl sites for hydroxylation is 2. The van der Waals surface area contributed by atoms with Crippen LogP contribution in [0, 0.1) is 18.3 Å². The largest absolute Gasteiger partial charge is 0.380 e. The summed E-state index contributed by atoms with van der Waals surface area (Å²) in [5.74, 6) is 0.442. The van der Waals surface area contributed by atoms with Gasteiger partial charge in [-0.25, -0.2) is 0 Å². The third-order valence-corrected chi connectivity index (χ3v) is 5.70. The molecule has 2 fully saturated rings. The van der Waals surface area contributed by atoms with E-state index in [0.29, 0.717) is 24.8 Å². The number of hydrogen-bond donors (Lipinski definition) is 1. The number of pyridine rings is 1. The maximum Gasteiger partial charge on any atom is 0.267 e. The first-order valence-corrected chi connectivity index (χ1v) is 9.18. The lowest BCUT2D eigenvalue weighted by Gasteiger charge is -2.27. The van der Waals surface area contributed by atoms with Gasteiger partial charge in [0, 0.05) is 56.5 Å². The minimum atomic E-state index is -0.0173. The number of rotatable bonds is 5. The summed E-state index contributed by atoms with van der Waals surface area (Å²) in [4.78, 5) is 19.6. The number of hydrogen-bond acceptors (Lipinski definition) is 4. The Kier molecular flexibility index (Phi) is 4.54. The zero-order valence-corrected chi connectivity index (χ0v) is 15.4. The molecule has 0 unspecified atom stereocenters. The van der Waals surface area contributed by atoms with Crippen LogP contribution in [0.5, 0.6) is 0 Å². The number of nitrogens with one attached hydrogen (secondary N) is 1. The van der Waals surface area contributed by atoms with Crippen molar-refractivity contribution >= 4 is 5.91 Å². The first kappa shape index (κ1) is 17.2. The molecule has 2 saturated heterocycles. The molecule has 138 valence electrons. The Hall–Kier alpha value is -2.18. The average Bonchev–Trinajstić information content (AvgIpc) is 3.27. The highest BCUT2D eigenvalue weighted by Crippen LogP contribution is 2.41. The van der Waals surface area contributed by atoms with E-state index in [9.17, 15) is 4.79 Å². The van der Waals surface area contributed by atoms with Crippen molar-refractivity contribution in [2.75, 3.05) is 32.8 Å². The zero-order valence-electron chi connectivity index (χ0n) is 15.4. The summed E-state index contributed by atoms with van der Waals surface area (Å²) in [6, 6.07) is 9.91. The van der Waals surface area contributed by atoms with E-state index in [1.807, 2.05) is 42.9 Å². The maximum absolute atomic E-state index is 12.5. The van der Waals surface area contributed by atoms with Crippen LogP contribution in [0.1, 0.15) is 21.9 Å². The van der Waals surface area contributed by atoms with Crippen molar-refractivity contribution in [3.63, 3.8) is 0 Å². The summed E-state index contributed by atoms with van der Waals surface area (Å²) in [6.07, 6.45) is 1.89. The van der Waals surface area contributed by atoms with Crippen molar-refractivity contribution in [1.82, 2.24) is 19.8 Å². The third kappa shape index (κ3) is 3.27. The smallest absolute Gasteiger partial charge is 0.267 e. The van der Waals surface area contributed by atoms with Gasteiger partial charge in [-0.2, -0.15) is 0 Å². The molecule has 4 rings (SSSR count). The monoisotopic (exact) mass is 354 g/mol. The topological polar surface area (TPSA) is 59.4 Å². The Morgan fingerprint density at radius 3 is 3.04 bits per heavy atom. The lowest BCUT2D eigenvalue weighted by molar-refractivity contribution is 0.0896. The normalized spacial score (nSPS) is 25.4. The van der Waals surface area contributed by atoms with Gasteiger partial charge < -0.3 is 14.6 Å². The SMILES string of the molecule is Cc1cccc(CN2C[C@@H]3COC[C@]3(CNC(=O)c3cccn3C)C2)n1. The Balaban J connectivity index is 1.41. The lowest BCUT2D eigenvalue weighted by Crippen LogP contribution is -2.43. The van der Waals surface area contributed by atoms with Gasteiger partial charge in [0.1, 0.15) is 5.69 Å². The zero-order chi connectivity index (χ0) is 18.1. The van der Waals surface area contributed by atoms with E-state index in [0.717, 1.165) is 37.6 Å². The second kappa shape index (κ2) is 6.85. The number of nitrogens with zero attached hydrogens (tertiary/aromatic N) is 3. The Labute approximate surface area is 154 Å². The molecule has 1 amide bonds. The predicted octanol–water partition coefficient (Wildman–Crippen LogP) is 1.61. The van der Waals surface area contributed by atoms with Crippen LogP contribution < -0.4 is 5.32 Å². The quantitative estimate of drug-likeness (QED) is 0.886. The fraction of sp³-hybridized carbons (Fsp3) is 0.500. The molecule has 0 saturated carbocycles. The lowest BCUT2D eigenvalue weighted by atomic mass is 9.81. The first-order valence-electron chi connectivity index (χ1n) is 9.18. The van der Waals surface area contributed by atoms with Gasteiger partial charge in [0.2, 0.25) is 0 Å². The summed E-state index contributed by atoms with van der Waals surface area (Å²) >= 11 is 0. The van der Waals surface area contributed by atoms with Crippen LogP contribution in [0.25, 0.3) is 0 Å². The molecule has 2 aromatic heterocycles. The molecule has 0 aliphatic carbocycles. The number of fused-ring (bicyclic) bond motifs is 1. The number of aromatic nitrogens is 2. The van der Waals surface area contributed by atoms with Crippen molar-refractivity contribution in [1.29, 1.82) is 0 Å². The molecule has 6 heteroatoms. The van der Waals surface area contributed by atoms with Crippen LogP contribution >= 0.6 is 0 Å². The molecule has 26 heavy (non-hydrogen) atoms. The van der Waals surface area contributed by atoms with E-state index in [-0.39, 0.29) is 11.3 Å². The minimum absolute atomic E-state index is 0.00461. The Morgan fingerprint density at radius 1 is 1.38 bits per heavy atom. The van der Waals surface area contributed by atoms with Gasteiger partial charge in [-0.3, -0.25) is 14.7 Å². The molecule has 0 spiro atoms. The molecule has 0 aromatic carbocycles. The molecule has 1 N–H and O–H groups in total. The van der Waals surface area contributed by atoms with Crippen LogP contribution in [-0.2, 0) is 18.3 Å². The predicted molar refractivity (Wildman–Crippen MR) is 98.7 cm³/mol. The van der Waals surface area contributed by atoms with Crippen LogP contribution in [0.15, 0.2) is 36.5 Å². The van der Waals surface area contributed by atoms with Gasteiger partial charge in [-0.05, 0) is 31.2 Å².